The van der Waals surface area contributed by atoms with Gasteiger partial charge in [-0.1, -0.05) is 6.92 Å². The molecule has 0 unspecified atom stereocenters. The lowest BCUT2D eigenvalue weighted by Crippen LogP contribution is -2.39. The van der Waals surface area contributed by atoms with E-state index in [0.29, 0.717) is 11.6 Å². The Morgan fingerprint density at radius 3 is 2.72 bits per heavy atom. The van der Waals surface area contributed by atoms with Crippen LogP contribution in [0.2, 0.25) is 0 Å². The predicted molar refractivity (Wildman–Crippen MR) is 64.2 cm³/mol. The van der Waals surface area contributed by atoms with Crippen LogP contribution < -0.4 is 0 Å². The third-order valence-electron chi connectivity index (χ3n) is 3.29. The zero-order valence-corrected chi connectivity index (χ0v) is 10.4. The predicted octanol–water partition coefficient (Wildman–Crippen LogP) is 0.840. The van der Waals surface area contributed by atoms with Gasteiger partial charge in [0.15, 0.2) is 0 Å². The number of nitrogens with zero attached hydrogens (tertiary/aromatic N) is 3. The Labute approximate surface area is 105 Å². The van der Waals surface area contributed by atoms with Crippen LogP contribution in [0.25, 0.3) is 0 Å². The highest BCUT2D eigenvalue weighted by atomic mass is 16.4. The zero-order valence-electron chi connectivity index (χ0n) is 10.4. The summed E-state index contributed by atoms with van der Waals surface area (Å²) in [5, 5.41) is 12.6. The molecule has 0 bridgehead atoms. The highest BCUT2D eigenvalue weighted by molar-refractivity contribution is 5.92. The summed E-state index contributed by atoms with van der Waals surface area (Å²) in [6.07, 6.45) is 3.46. The maximum Gasteiger partial charge on any atom is 0.325 e. The van der Waals surface area contributed by atoms with E-state index in [4.69, 9.17) is 5.11 Å². The van der Waals surface area contributed by atoms with Gasteiger partial charge in [-0.3, -0.25) is 9.59 Å². The van der Waals surface area contributed by atoms with Crippen molar-refractivity contribution in [2.75, 3.05) is 13.1 Å². The van der Waals surface area contributed by atoms with Crippen molar-refractivity contribution in [3.63, 3.8) is 0 Å². The fourth-order valence-electron chi connectivity index (χ4n) is 2.14. The number of hydrogen-bond donors (Lipinski definition) is 1. The Hall–Kier alpha value is -1.85. The Balaban J connectivity index is 2.09. The minimum atomic E-state index is -1.000. The standard InChI is InChI=1S/C12H17N3O3/c1-9-3-6-14(7-4-9)12(18)10-2-5-13-15(10)8-11(16)17/h2,5,9H,3-4,6-8H2,1H3,(H,16,17). The largest absolute Gasteiger partial charge is 0.480 e. The topological polar surface area (TPSA) is 75.4 Å². The molecule has 6 heteroatoms. The van der Waals surface area contributed by atoms with Crippen molar-refractivity contribution in [3.8, 4) is 0 Å². The van der Waals surface area contributed by atoms with Gasteiger partial charge in [-0.25, -0.2) is 4.68 Å². The smallest absolute Gasteiger partial charge is 0.325 e. The lowest BCUT2D eigenvalue weighted by molar-refractivity contribution is -0.137. The highest BCUT2D eigenvalue weighted by Gasteiger charge is 2.24. The van der Waals surface area contributed by atoms with Crippen molar-refractivity contribution in [2.45, 2.75) is 26.3 Å². The number of carboxylic acids is 1. The summed E-state index contributed by atoms with van der Waals surface area (Å²) in [6.45, 7) is 3.37. The molecule has 1 saturated heterocycles. The molecular formula is C12H17N3O3. The Morgan fingerprint density at radius 1 is 1.44 bits per heavy atom. The summed E-state index contributed by atoms with van der Waals surface area (Å²) in [7, 11) is 0. The van der Waals surface area contributed by atoms with Crippen LogP contribution in [0.1, 0.15) is 30.3 Å². The molecule has 1 aromatic rings. The number of hydrogen-bond acceptors (Lipinski definition) is 3. The van der Waals surface area contributed by atoms with Gasteiger partial charge in [0.05, 0.1) is 0 Å². The summed E-state index contributed by atoms with van der Waals surface area (Å²) in [5.41, 5.74) is 0.354. The lowest BCUT2D eigenvalue weighted by Gasteiger charge is -2.30. The van der Waals surface area contributed by atoms with Crippen LogP contribution in [0.3, 0.4) is 0 Å². The number of carbonyl (C=O) groups excluding carboxylic acids is 1. The van der Waals surface area contributed by atoms with E-state index in [0.717, 1.165) is 25.9 Å². The van der Waals surface area contributed by atoms with Gasteiger partial charge in [0.1, 0.15) is 12.2 Å². The molecule has 0 aromatic carbocycles. The Morgan fingerprint density at radius 2 is 2.11 bits per heavy atom. The fraction of sp³-hybridized carbons (Fsp3) is 0.583. The summed E-state index contributed by atoms with van der Waals surface area (Å²) in [5.74, 6) is -0.473. The molecule has 1 aromatic heterocycles. The van der Waals surface area contributed by atoms with Crippen molar-refractivity contribution in [2.24, 2.45) is 5.92 Å². The maximum absolute atomic E-state index is 12.2. The van der Waals surface area contributed by atoms with Gasteiger partial charge in [-0.15, -0.1) is 0 Å². The average Bonchev–Trinajstić information content (AvgIpc) is 2.76. The molecule has 6 nitrogen and oxygen atoms in total. The van der Waals surface area contributed by atoms with Gasteiger partial charge >= 0.3 is 5.97 Å². The molecule has 1 aliphatic rings. The van der Waals surface area contributed by atoms with E-state index >= 15 is 0 Å². The molecule has 0 saturated carbocycles. The zero-order chi connectivity index (χ0) is 13.1. The fourth-order valence-corrected chi connectivity index (χ4v) is 2.14. The van der Waals surface area contributed by atoms with E-state index in [1.165, 1.54) is 10.9 Å². The lowest BCUT2D eigenvalue weighted by atomic mass is 9.99. The van der Waals surface area contributed by atoms with E-state index in [-0.39, 0.29) is 12.5 Å². The van der Waals surface area contributed by atoms with Crippen LogP contribution in [0.15, 0.2) is 12.3 Å². The number of amides is 1. The summed E-state index contributed by atoms with van der Waals surface area (Å²) in [6, 6.07) is 1.57. The van der Waals surface area contributed by atoms with Crippen molar-refractivity contribution in [1.82, 2.24) is 14.7 Å². The second kappa shape index (κ2) is 5.20. The monoisotopic (exact) mass is 251 g/mol. The molecule has 1 amide bonds. The summed E-state index contributed by atoms with van der Waals surface area (Å²) in [4.78, 5) is 24.7. The second-order valence-electron chi connectivity index (χ2n) is 4.74. The molecule has 2 rings (SSSR count). The van der Waals surface area contributed by atoms with Crippen molar-refractivity contribution in [1.29, 1.82) is 0 Å². The third-order valence-corrected chi connectivity index (χ3v) is 3.29. The van der Waals surface area contributed by atoms with Crippen LogP contribution in [0, 0.1) is 5.92 Å². The average molecular weight is 251 g/mol. The van der Waals surface area contributed by atoms with E-state index in [9.17, 15) is 9.59 Å². The number of rotatable bonds is 3. The number of aromatic nitrogens is 2. The van der Waals surface area contributed by atoms with Crippen molar-refractivity contribution in [3.05, 3.63) is 18.0 Å². The van der Waals surface area contributed by atoms with Gasteiger partial charge in [0.2, 0.25) is 0 Å². The second-order valence-corrected chi connectivity index (χ2v) is 4.74. The molecular weight excluding hydrogens is 234 g/mol. The molecule has 2 heterocycles. The van der Waals surface area contributed by atoms with Gasteiger partial charge in [0, 0.05) is 19.3 Å². The summed E-state index contributed by atoms with van der Waals surface area (Å²) < 4.78 is 1.24. The van der Waals surface area contributed by atoms with Crippen LogP contribution in [0.5, 0.6) is 0 Å². The molecule has 1 N–H and O–H groups in total. The SMILES string of the molecule is CC1CCN(C(=O)c2ccnn2CC(=O)O)CC1. The van der Waals surface area contributed by atoms with Crippen LogP contribution in [-0.2, 0) is 11.3 Å². The van der Waals surface area contributed by atoms with Crippen LogP contribution >= 0.6 is 0 Å². The minimum absolute atomic E-state index is 0.124. The van der Waals surface area contributed by atoms with Gasteiger partial charge in [0.25, 0.3) is 5.91 Å². The molecule has 0 aliphatic carbocycles. The molecule has 0 atom stereocenters. The number of aliphatic carboxylic acids is 1. The van der Waals surface area contributed by atoms with Crippen LogP contribution in [0.4, 0.5) is 0 Å². The molecule has 1 aliphatic heterocycles. The first kappa shape index (κ1) is 12.6. The van der Waals surface area contributed by atoms with Crippen molar-refractivity contribution >= 4 is 11.9 Å². The van der Waals surface area contributed by atoms with Crippen molar-refractivity contribution < 1.29 is 14.7 Å². The van der Waals surface area contributed by atoms with E-state index in [2.05, 4.69) is 12.0 Å². The third kappa shape index (κ3) is 2.69. The Kier molecular flexibility index (Phi) is 3.64. The van der Waals surface area contributed by atoms with Gasteiger partial charge in [-0.05, 0) is 24.8 Å². The van der Waals surface area contributed by atoms with E-state index < -0.39 is 5.97 Å². The normalized spacial score (nSPS) is 16.8. The molecule has 0 spiro atoms. The first-order chi connectivity index (χ1) is 8.58. The molecule has 0 radical (unpaired) electrons. The quantitative estimate of drug-likeness (QED) is 0.863. The number of carbonyl (C=O) groups is 2. The molecule has 1 fully saturated rings. The van der Waals surface area contributed by atoms with Crippen LogP contribution in [-0.4, -0.2) is 44.8 Å². The number of piperidine rings is 1. The molecule has 98 valence electrons. The minimum Gasteiger partial charge on any atom is -0.480 e. The van der Waals surface area contributed by atoms with Gasteiger partial charge < -0.3 is 10.0 Å². The highest BCUT2D eigenvalue weighted by Crippen LogP contribution is 2.18. The Bertz CT molecular complexity index is 447. The number of likely N-dealkylation sites (tertiary alicyclic amines) is 1. The first-order valence-corrected chi connectivity index (χ1v) is 6.11. The maximum atomic E-state index is 12.2. The molecule has 18 heavy (non-hydrogen) atoms. The first-order valence-electron chi connectivity index (χ1n) is 6.11. The van der Waals surface area contributed by atoms with E-state index in [1.54, 1.807) is 11.0 Å². The number of carboxylic acid groups (broad SMARTS) is 1. The van der Waals surface area contributed by atoms with E-state index in [1.807, 2.05) is 0 Å². The summed E-state index contributed by atoms with van der Waals surface area (Å²) >= 11 is 0. The van der Waals surface area contributed by atoms with Gasteiger partial charge in [-0.2, -0.15) is 5.10 Å².